The maximum Gasteiger partial charge on any atom is 0.235 e. The standard InChI is InChI=1S/C30H34Cl2N6O4S/c1-22(2)43(40,41)35-24-4-6-25(7-5-24)36-13-15-37(16-14-36)26-8-10-27(11-9-26)42-19-30(39,18-38-21-33-20-34-38)28-12-3-23(31)17-29(28)32/h3-12,17,20-22,35,39H,13-16,18-19H2,1-2H3. The van der Waals surface area contributed by atoms with Crippen molar-refractivity contribution in [3.05, 3.63) is 95.0 Å². The molecule has 10 nitrogen and oxygen atoms in total. The van der Waals surface area contributed by atoms with Crippen LogP contribution in [-0.4, -0.2) is 66.3 Å². The summed E-state index contributed by atoms with van der Waals surface area (Å²) in [5.41, 5.74) is 1.68. The SMILES string of the molecule is CC(C)S(=O)(=O)Nc1ccc(N2CCN(c3ccc(OCC(O)(Cn4cncn4)c4ccc(Cl)cc4Cl)cc3)CC2)cc1. The topological polar surface area (TPSA) is 113 Å². The third-order valence-corrected chi connectivity index (χ3v) is 9.70. The van der Waals surface area contributed by atoms with Gasteiger partial charge in [0.25, 0.3) is 0 Å². The number of rotatable bonds is 11. The molecule has 0 radical (unpaired) electrons. The Balaban J connectivity index is 1.18. The van der Waals surface area contributed by atoms with E-state index in [0.717, 1.165) is 37.6 Å². The predicted molar refractivity (Wildman–Crippen MR) is 171 cm³/mol. The highest BCUT2D eigenvalue weighted by Crippen LogP contribution is 2.33. The van der Waals surface area contributed by atoms with Crippen LogP contribution in [-0.2, 0) is 22.2 Å². The van der Waals surface area contributed by atoms with Crippen LogP contribution in [0.25, 0.3) is 0 Å². The molecule has 0 saturated carbocycles. The van der Waals surface area contributed by atoms with E-state index in [1.807, 2.05) is 36.4 Å². The molecular formula is C30H34Cl2N6O4S. The first-order chi connectivity index (χ1) is 20.5. The van der Waals surface area contributed by atoms with Crippen molar-refractivity contribution in [2.24, 2.45) is 0 Å². The summed E-state index contributed by atoms with van der Waals surface area (Å²) in [6.07, 6.45) is 2.93. The maximum atomic E-state index is 12.1. The Morgan fingerprint density at radius 3 is 2.09 bits per heavy atom. The maximum absolute atomic E-state index is 12.1. The number of piperazine rings is 1. The van der Waals surface area contributed by atoms with Crippen molar-refractivity contribution >= 4 is 50.3 Å². The molecule has 0 spiro atoms. The molecule has 1 atom stereocenters. The molecule has 1 saturated heterocycles. The van der Waals surface area contributed by atoms with Crippen molar-refractivity contribution in [2.75, 3.05) is 47.3 Å². The van der Waals surface area contributed by atoms with Crippen LogP contribution in [0.1, 0.15) is 19.4 Å². The summed E-state index contributed by atoms with van der Waals surface area (Å²) in [6, 6.07) is 20.2. The minimum absolute atomic E-state index is 0.0655. The molecular weight excluding hydrogens is 611 g/mol. The summed E-state index contributed by atoms with van der Waals surface area (Å²) in [6.45, 7) is 6.63. The molecule has 2 heterocycles. The zero-order chi connectivity index (χ0) is 30.6. The number of nitrogens with one attached hydrogen (secondary N) is 1. The van der Waals surface area contributed by atoms with Crippen LogP contribution >= 0.6 is 23.2 Å². The second-order valence-corrected chi connectivity index (χ2v) is 13.8. The van der Waals surface area contributed by atoms with Gasteiger partial charge in [-0.1, -0.05) is 29.3 Å². The first-order valence-corrected chi connectivity index (χ1v) is 16.2. The van der Waals surface area contributed by atoms with Crippen molar-refractivity contribution in [2.45, 2.75) is 31.2 Å². The first kappa shape index (κ1) is 30.9. The summed E-state index contributed by atoms with van der Waals surface area (Å²) in [5.74, 6) is 0.609. The number of aromatic nitrogens is 3. The van der Waals surface area contributed by atoms with Crippen LogP contribution in [0.15, 0.2) is 79.4 Å². The molecule has 13 heteroatoms. The normalized spacial score (nSPS) is 15.4. The van der Waals surface area contributed by atoms with Gasteiger partial charge in [0.15, 0.2) is 0 Å². The molecule has 0 aliphatic carbocycles. The summed E-state index contributed by atoms with van der Waals surface area (Å²) in [5, 5.41) is 16.1. The number of hydrogen-bond donors (Lipinski definition) is 2. The van der Waals surface area contributed by atoms with E-state index in [1.54, 1.807) is 44.2 Å². The molecule has 43 heavy (non-hydrogen) atoms. The molecule has 3 aromatic carbocycles. The van der Waals surface area contributed by atoms with E-state index in [2.05, 4.69) is 24.6 Å². The van der Waals surface area contributed by atoms with Gasteiger partial charge in [0.1, 0.15) is 30.6 Å². The Labute approximate surface area is 261 Å². The van der Waals surface area contributed by atoms with Crippen molar-refractivity contribution in [1.82, 2.24) is 14.8 Å². The highest BCUT2D eigenvalue weighted by atomic mass is 35.5. The van der Waals surface area contributed by atoms with Crippen molar-refractivity contribution in [3.8, 4) is 5.75 Å². The number of nitrogens with zero attached hydrogens (tertiary/aromatic N) is 5. The fraction of sp³-hybridized carbons (Fsp3) is 0.333. The van der Waals surface area contributed by atoms with Gasteiger partial charge < -0.3 is 19.6 Å². The summed E-state index contributed by atoms with van der Waals surface area (Å²) >= 11 is 12.5. The Bertz CT molecular complexity index is 1610. The van der Waals surface area contributed by atoms with Gasteiger partial charge in [-0.05, 0) is 74.5 Å². The molecule has 1 aromatic heterocycles. The van der Waals surface area contributed by atoms with Crippen molar-refractivity contribution < 1.29 is 18.3 Å². The number of aliphatic hydroxyl groups is 1. The van der Waals surface area contributed by atoms with Crippen LogP contribution in [0.5, 0.6) is 5.75 Å². The Morgan fingerprint density at radius 1 is 0.953 bits per heavy atom. The second-order valence-electron chi connectivity index (χ2n) is 10.7. The number of halogens is 2. The van der Waals surface area contributed by atoms with Gasteiger partial charge in [0, 0.05) is 58.8 Å². The van der Waals surface area contributed by atoms with Gasteiger partial charge in [0.05, 0.1) is 11.8 Å². The number of ether oxygens (including phenoxy) is 1. The molecule has 1 fully saturated rings. The molecule has 0 bridgehead atoms. The highest BCUT2D eigenvalue weighted by Gasteiger charge is 2.34. The third-order valence-electron chi connectivity index (χ3n) is 7.39. The lowest BCUT2D eigenvalue weighted by Gasteiger charge is -2.37. The van der Waals surface area contributed by atoms with Gasteiger partial charge in [0.2, 0.25) is 10.0 Å². The third kappa shape index (κ3) is 7.53. The van der Waals surface area contributed by atoms with Crippen molar-refractivity contribution in [3.63, 3.8) is 0 Å². The van der Waals surface area contributed by atoms with Gasteiger partial charge in [-0.3, -0.25) is 4.72 Å². The molecule has 4 aromatic rings. The van der Waals surface area contributed by atoms with E-state index in [0.29, 0.717) is 27.0 Å². The van der Waals surface area contributed by atoms with Gasteiger partial charge in [-0.2, -0.15) is 5.10 Å². The van der Waals surface area contributed by atoms with Gasteiger partial charge in [-0.15, -0.1) is 0 Å². The molecule has 228 valence electrons. The second kappa shape index (κ2) is 13.0. The zero-order valence-corrected chi connectivity index (χ0v) is 26.2. The van der Waals surface area contributed by atoms with E-state index in [1.165, 1.54) is 17.3 Å². The zero-order valence-electron chi connectivity index (χ0n) is 23.9. The summed E-state index contributed by atoms with van der Waals surface area (Å²) in [4.78, 5) is 8.56. The Morgan fingerprint density at radius 2 is 1.56 bits per heavy atom. The number of hydrogen-bond acceptors (Lipinski definition) is 8. The molecule has 1 unspecified atom stereocenters. The molecule has 0 amide bonds. The Kier molecular flexibility index (Phi) is 9.36. The minimum atomic E-state index is -3.38. The Hall–Kier alpha value is -3.51. The van der Waals surface area contributed by atoms with Crippen LogP contribution in [0, 0.1) is 0 Å². The van der Waals surface area contributed by atoms with Crippen LogP contribution < -0.4 is 19.3 Å². The minimum Gasteiger partial charge on any atom is -0.490 e. The molecule has 1 aliphatic rings. The lowest BCUT2D eigenvalue weighted by molar-refractivity contribution is -0.0269. The first-order valence-electron chi connectivity index (χ1n) is 13.9. The molecule has 2 N–H and O–H groups in total. The van der Waals surface area contributed by atoms with Crippen LogP contribution in [0.2, 0.25) is 10.0 Å². The van der Waals surface area contributed by atoms with E-state index >= 15 is 0 Å². The van der Waals surface area contributed by atoms with Crippen LogP contribution in [0.4, 0.5) is 17.1 Å². The smallest absolute Gasteiger partial charge is 0.235 e. The summed E-state index contributed by atoms with van der Waals surface area (Å²) in [7, 11) is -3.38. The molecule has 1 aliphatic heterocycles. The molecule has 5 rings (SSSR count). The number of benzene rings is 3. The fourth-order valence-electron chi connectivity index (χ4n) is 4.86. The lowest BCUT2D eigenvalue weighted by Crippen LogP contribution is -2.46. The predicted octanol–water partition coefficient (Wildman–Crippen LogP) is 5.03. The quantitative estimate of drug-likeness (QED) is 0.234. The monoisotopic (exact) mass is 644 g/mol. The van der Waals surface area contributed by atoms with E-state index in [4.69, 9.17) is 27.9 Å². The highest BCUT2D eigenvalue weighted by molar-refractivity contribution is 7.93. The number of sulfonamides is 1. The van der Waals surface area contributed by atoms with Gasteiger partial charge >= 0.3 is 0 Å². The van der Waals surface area contributed by atoms with Gasteiger partial charge in [-0.25, -0.2) is 18.1 Å². The van der Waals surface area contributed by atoms with E-state index in [9.17, 15) is 13.5 Å². The average molecular weight is 646 g/mol. The van der Waals surface area contributed by atoms with Crippen molar-refractivity contribution in [1.29, 1.82) is 0 Å². The van der Waals surface area contributed by atoms with E-state index in [-0.39, 0.29) is 13.2 Å². The largest absolute Gasteiger partial charge is 0.490 e. The van der Waals surface area contributed by atoms with Crippen LogP contribution in [0.3, 0.4) is 0 Å². The summed E-state index contributed by atoms with van der Waals surface area (Å²) < 4.78 is 34.5. The average Bonchev–Trinajstić information content (AvgIpc) is 3.49. The fourth-order valence-corrected chi connectivity index (χ4v) is 6.14. The lowest BCUT2D eigenvalue weighted by atomic mass is 9.94. The number of anilines is 3. The van der Waals surface area contributed by atoms with E-state index < -0.39 is 20.9 Å².